The average molecular weight is 585 g/mol. The average Bonchev–Trinajstić information content (AvgIpc) is 3.30. The summed E-state index contributed by atoms with van der Waals surface area (Å²) in [6, 6.07) is 37.7. The van der Waals surface area contributed by atoms with Crippen molar-refractivity contribution in [1.82, 2.24) is 5.32 Å². The molecule has 0 saturated carbocycles. The molecule has 5 rings (SSSR count). The van der Waals surface area contributed by atoms with Gasteiger partial charge in [0.2, 0.25) is 5.91 Å². The smallest absolute Gasteiger partial charge is 0.306 e. The summed E-state index contributed by atoms with van der Waals surface area (Å²) in [4.78, 5) is 22.3. The SMILES string of the molecule is CC1C[C@@H](Cc2ccc(-c3ccccc3)cc2)NC1=O.C[C@H](C[C@H](N)Cc1ccc(-c2ccccc2)cc1)C(=O)O.Cl. The number of hydrogen-bond donors (Lipinski definition) is 3. The highest BCUT2D eigenvalue weighted by atomic mass is 35.5. The zero-order valence-electron chi connectivity index (χ0n) is 24.3. The minimum absolute atomic E-state index is 0. The third kappa shape index (κ3) is 9.57. The van der Waals surface area contributed by atoms with Gasteiger partial charge in [-0.15, -0.1) is 12.4 Å². The summed E-state index contributed by atoms with van der Waals surface area (Å²) in [6.45, 7) is 3.69. The van der Waals surface area contributed by atoms with Gasteiger partial charge in [0.15, 0.2) is 0 Å². The van der Waals surface area contributed by atoms with Gasteiger partial charge in [-0.3, -0.25) is 9.59 Å². The first-order chi connectivity index (χ1) is 19.8. The lowest BCUT2D eigenvalue weighted by molar-refractivity contribution is -0.141. The molecule has 6 heteroatoms. The maximum atomic E-state index is 11.5. The molecule has 4 aromatic rings. The Labute approximate surface area is 255 Å². The van der Waals surface area contributed by atoms with Gasteiger partial charge in [-0.25, -0.2) is 0 Å². The minimum atomic E-state index is -0.787. The van der Waals surface area contributed by atoms with Crippen LogP contribution in [-0.2, 0) is 22.4 Å². The zero-order valence-corrected chi connectivity index (χ0v) is 25.1. The van der Waals surface area contributed by atoms with Gasteiger partial charge in [-0.05, 0) is 59.1 Å². The Bertz CT molecular complexity index is 1390. The molecule has 0 radical (unpaired) electrons. The number of hydrogen-bond acceptors (Lipinski definition) is 3. The minimum Gasteiger partial charge on any atom is -0.481 e. The monoisotopic (exact) mass is 584 g/mol. The van der Waals surface area contributed by atoms with Crippen molar-refractivity contribution in [1.29, 1.82) is 0 Å². The number of carbonyl (C=O) groups is 2. The van der Waals surface area contributed by atoms with Crippen molar-refractivity contribution in [2.24, 2.45) is 17.6 Å². The molecule has 4 aromatic carbocycles. The zero-order chi connectivity index (χ0) is 29.2. The Morgan fingerprint density at radius 3 is 1.69 bits per heavy atom. The lowest BCUT2D eigenvalue weighted by atomic mass is 9.96. The number of nitrogens with two attached hydrogens (primary N) is 1. The molecule has 42 heavy (non-hydrogen) atoms. The number of carboxylic acids is 1. The van der Waals surface area contributed by atoms with E-state index < -0.39 is 11.9 Å². The van der Waals surface area contributed by atoms with E-state index in [9.17, 15) is 9.59 Å². The first kappa shape index (κ1) is 32.6. The second-order valence-corrected chi connectivity index (χ2v) is 11.1. The lowest BCUT2D eigenvalue weighted by Crippen LogP contribution is -2.28. The Morgan fingerprint density at radius 2 is 1.26 bits per heavy atom. The van der Waals surface area contributed by atoms with Crippen molar-refractivity contribution in [3.8, 4) is 22.3 Å². The number of carboxylic acid groups (broad SMARTS) is 1. The van der Waals surface area contributed by atoms with Crippen molar-refractivity contribution >= 4 is 24.3 Å². The predicted molar refractivity (Wildman–Crippen MR) is 174 cm³/mol. The molecule has 220 valence electrons. The van der Waals surface area contributed by atoms with E-state index in [0.717, 1.165) is 18.4 Å². The molecular weight excluding hydrogens is 544 g/mol. The second-order valence-electron chi connectivity index (χ2n) is 11.1. The van der Waals surface area contributed by atoms with Gasteiger partial charge in [-0.1, -0.05) is 123 Å². The number of rotatable bonds is 9. The summed E-state index contributed by atoms with van der Waals surface area (Å²) >= 11 is 0. The van der Waals surface area contributed by atoms with Crippen LogP contribution in [-0.4, -0.2) is 29.1 Å². The van der Waals surface area contributed by atoms with E-state index in [2.05, 4.69) is 90.2 Å². The van der Waals surface area contributed by atoms with Crippen LogP contribution in [0.25, 0.3) is 22.3 Å². The van der Waals surface area contributed by atoms with Crippen LogP contribution in [0.2, 0.25) is 0 Å². The lowest BCUT2D eigenvalue weighted by Gasteiger charge is -2.14. The third-order valence-corrected chi connectivity index (χ3v) is 7.61. The Hall–Kier alpha value is -3.93. The largest absolute Gasteiger partial charge is 0.481 e. The number of nitrogens with one attached hydrogen (secondary N) is 1. The Balaban J connectivity index is 0.000000225. The van der Waals surface area contributed by atoms with Gasteiger partial charge >= 0.3 is 5.97 Å². The van der Waals surface area contributed by atoms with Crippen LogP contribution in [0.15, 0.2) is 109 Å². The summed E-state index contributed by atoms with van der Waals surface area (Å²) in [5.41, 5.74) is 13.3. The summed E-state index contributed by atoms with van der Waals surface area (Å²) in [5, 5.41) is 12.0. The van der Waals surface area contributed by atoms with Gasteiger partial charge in [0.25, 0.3) is 0 Å². The van der Waals surface area contributed by atoms with Crippen LogP contribution in [0.1, 0.15) is 37.8 Å². The topological polar surface area (TPSA) is 92.4 Å². The van der Waals surface area contributed by atoms with Crippen LogP contribution < -0.4 is 11.1 Å². The fourth-order valence-corrected chi connectivity index (χ4v) is 5.22. The molecule has 1 aliphatic heterocycles. The number of carbonyl (C=O) groups excluding carboxylic acids is 1. The molecule has 1 fully saturated rings. The fourth-order valence-electron chi connectivity index (χ4n) is 5.22. The van der Waals surface area contributed by atoms with Crippen molar-refractivity contribution in [3.63, 3.8) is 0 Å². The van der Waals surface area contributed by atoms with Gasteiger partial charge in [0.05, 0.1) is 5.92 Å². The van der Waals surface area contributed by atoms with Gasteiger partial charge in [0.1, 0.15) is 0 Å². The van der Waals surface area contributed by atoms with Crippen LogP contribution in [0.4, 0.5) is 0 Å². The van der Waals surface area contributed by atoms with E-state index in [4.69, 9.17) is 10.8 Å². The quantitative estimate of drug-likeness (QED) is 0.194. The van der Waals surface area contributed by atoms with Crippen molar-refractivity contribution < 1.29 is 14.7 Å². The van der Waals surface area contributed by atoms with E-state index in [1.165, 1.54) is 27.8 Å². The third-order valence-electron chi connectivity index (χ3n) is 7.61. The highest BCUT2D eigenvalue weighted by Crippen LogP contribution is 2.23. The van der Waals surface area contributed by atoms with E-state index in [1.807, 2.05) is 31.2 Å². The van der Waals surface area contributed by atoms with Crippen molar-refractivity contribution in [2.45, 2.75) is 51.6 Å². The van der Waals surface area contributed by atoms with E-state index in [-0.39, 0.29) is 30.3 Å². The molecule has 4 N–H and O–H groups in total. The summed E-state index contributed by atoms with van der Waals surface area (Å²) < 4.78 is 0. The maximum Gasteiger partial charge on any atom is 0.306 e. The number of amides is 1. The summed E-state index contributed by atoms with van der Waals surface area (Å²) in [6.07, 6.45) is 3.06. The van der Waals surface area contributed by atoms with Crippen LogP contribution in [0.3, 0.4) is 0 Å². The first-order valence-electron chi connectivity index (χ1n) is 14.4. The molecule has 0 bridgehead atoms. The molecule has 1 amide bonds. The van der Waals surface area contributed by atoms with Crippen LogP contribution >= 0.6 is 12.4 Å². The predicted octanol–water partition coefficient (Wildman–Crippen LogP) is 7.18. The molecule has 0 aromatic heterocycles. The number of halogens is 1. The Morgan fingerprint density at radius 1 is 0.810 bits per heavy atom. The number of aliphatic carboxylic acids is 1. The maximum absolute atomic E-state index is 11.5. The van der Waals surface area contributed by atoms with E-state index >= 15 is 0 Å². The van der Waals surface area contributed by atoms with Gasteiger partial charge < -0.3 is 16.2 Å². The first-order valence-corrected chi connectivity index (χ1v) is 14.4. The molecule has 1 aliphatic rings. The van der Waals surface area contributed by atoms with Crippen LogP contribution in [0, 0.1) is 11.8 Å². The second kappa shape index (κ2) is 15.9. The fraction of sp³-hybridized carbons (Fsp3) is 0.278. The standard InChI is InChI=1S/C18H21NO2.C18H19NO.ClH/c1-13(18(20)21)11-17(19)12-14-7-9-16(10-8-14)15-5-3-2-4-6-15;1-13-11-17(19-18(13)20)12-14-7-9-16(10-8-14)15-5-3-2-4-6-15;/h2-10,13,17H,11-12,19H2,1H3,(H,20,21);2-10,13,17H,11-12H2,1H3,(H,19,20);1H/t13-,17+;13?,17-;/m10./s1. The molecule has 1 saturated heterocycles. The molecule has 1 unspecified atom stereocenters. The molecular formula is C36H41ClN2O3. The molecule has 4 atom stereocenters. The Kier molecular flexibility index (Phi) is 12.3. The number of benzene rings is 4. The molecule has 0 aliphatic carbocycles. The van der Waals surface area contributed by atoms with E-state index in [1.54, 1.807) is 6.92 Å². The summed E-state index contributed by atoms with van der Waals surface area (Å²) in [7, 11) is 0. The van der Waals surface area contributed by atoms with Crippen molar-refractivity contribution in [3.05, 3.63) is 120 Å². The normalized spacial score (nSPS) is 17.2. The molecule has 1 heterocycles. The highest BCUT2D eigenvalue weighted by Gasteiger charge is 2.28. The van der Waals surface area contributed by atoms with Gasteiger partial charge in [0, 0.05) is 18.0 Å². The summed E-state index contributed by atoms with van der Waals surface area (Å²) in [5.74, 6) is -0.840. The van der Waals surface area contributed by atoms with Crippen LogP contribution in [0.5, 0.6) is 0 Å². The highest BCUT2D eigenvalue weighted by molar-refractivity contribution is 5.85. The van der Waals surface area contributed by atoms with Gasteiger partial charge in [-0.2, -0.15) is 0 Å². The molecule has 0 spiro atoms. The van der Waals surface area contributed by atoms with E-state index in [0.29, 0.717) is 18.9 Å². The molecule has 5 nitrogen and oxygen atoms in total. The van der Waals surface area contributed by atoms with Crippen molar-refractivity contribution in [2.75, 3.05) is 0 Å².